The van der Waals surface area contributed by atoms with Gasteiger partial charge in [0.25, 0.3) is 0 Å². The lowest BCUT2D eigenvalue weighted by Gasteiger charge is -2.30. The average Bonchev–Trinajstić information content (AvgIpc) is 2.81. The van der Waals surface area contributed by atoms with Gasteiger partial charge in [0.2, 0.25) is 5.56 Å². The monoisotopic (exact) mass is 462 g/mol. The largest absolute Gasteiger partial charge is 0.373 e. The molecule has 0 amide bonds. The maximum atomic E-state index is 14.8. The average molecular weight is 463 g/mol. The molecule has 0 N–H and O–H groups in total. The Kier molecular flexibility index (Phi) is 5.69. The van der Waals surface area contributed by atoms with E-state index >= 15 is 0 Å². The molecular weight excluding hydrogens is 438 g/mol. The number of ether oxygens (including phenoxy) is 1. The SMILES string of the molecule is Cc1nc2cc(C3CCOC(c4ccc(=O)n(C)c4)C3)nc(-c3ccc(F)cc3F)c2nc1C. The van der Waals surface area contributed by atoms with Gasteiger partial charge in [-0.05, 0) is 56.5 Å². The van der Waals surface area contributed by atoms with Crippen molar-refractivity contribution < 1.29 is 13.5 Å². The van der Waals surface area contributed by atoms with Crippen LogP contribution in [0.3, 0.4) is 0 Å². The summed E-state index contributed by atoms with van der Waals surface area (Å²) < 4.78 is 35.9. The molecule has 1 saturated heterocycles. The number of fused-ring (bicyclic) bond motifs is 1. The lowest BCUT2D eigenvalue weighted by Crippen LogP contribution is -2.22. The molecule has 2 atom stereocenters. The maximum Gasteiger partial charge on any atom is 0.250 e. The Morgan fingerprint density at radius 3 is 2.59 bits per heavy atom. The van der Waals surface area contributed by atoms with Gasteiger partial charge in [-0.1, -0.05) is 0 Å². The first-order valence-corrected chi connectivity index (χ1v) is 11.2. The van der Waals surface area contributed by atoms with Crippen molar-refractivity contribution in [3.63, 3.8) is 0 Å². The quantitative estimate of drug-likeness (QED) is 0.432. The minimum Gasteiger partial charge on any atom is -0.373 e. The number of aryl methyl sites for hydroxylation is 3. The van der Waals surface area contributed by atoms with Gasteiger partial charge in [-0.15, -0.1) is 0 Å². The molecule has 1 aliphatic rings. The molecule has 1 aromatic carbocycles. The highest BCUT2D eigenvalue weighted by molar-refractivity contribution is 5.89. The molecule has 0 radical (unpaired) electrons. The third-order valence-electron chi connectivity index (χ3n) is 6.45. The van der Waals surface area contributed by atoms with Crippen LogP contribution in [-0.4, -0.2) is 26.1 Å². The molecule has 174 valence electrons. The number of benzene rings is 1. The van der Waals surface area contributed by atoms with E-state index in [9.17, 15) is 13.6 Å². The van der Waals surface area contributed by atoms with Crippen LogP contribution in [0, 0.1) is 25.5 Å². The van der Waals surface area contributed by atoms with Crippen LogP contribution < -0.4 is 5.56 Å². The Labute approximate surface area is 195 Å². The lowest BCUT2D eigenvalue weighted by molar-refractivity contribution is 0.00431. The summed E-state index contributed by atoms with van der Waals surface area (Å²) in [6.45, 7) is 4.25. The molecule has 0 bridgehead atoms. The highest BCUT2D eigenvalue weighted by Gasteiger charge is 2.28. The molecule has 4 heterocycles. The third-order valence-corrected chi connectivity index (χ3v) is 6.45. The second-order valence-electron chi connectivity index (χ2n) is 8.77. The van der Waals surface area contributed by atoms with Gasteiger partial charge in [-0.25, -0.2) is 23.7 Å². The van der Waals surface area contributed by atoms with E-state index in [1.165, 1.54) is 22.8 Å². The van der Waals surface area contributed by atoms with Crippen molar-refractivity contribution in [1.29, 1.82) is 0 Å². The molecule has 1 aliphatic heterocycles. The number of hydrogen-bond donors (Lipinski definition) is 0. The molecule has 6 nitrogen and oxygen atoms in total. The predicted molar refractivity (Wildman–Crippen MR) is 125 cm³/mol. The van der Waals surface area contributed by atoms with Crippen molar-refractivity contribution in [3.05, 3.63) is 87.2 Å². The Morgan fingerprint density at radius 1 is 1.03 bits per heavy atom. The number of aromatic nitrogens is 4. The molecule has 3 aromatic heterocycles. The zero-order valence-corrected chi connectivity index (χ0v) is 19.2. The molecule has 2 unspecified atom stereocenters. The van der Waals surface area contributed by atoms with Crippen molar-refractivity contribution in [2.24, 2.45) is 7.05 Å². The fourth-order valence-corrected chi connectivity index (χ4v) is 4.43. The Balaban J connectivity index is 1.61. The molecule has 0 aliphatic carbocycles. The normalized spacial score (nSPS) is 18.4. The van der Waals surface area contributed by atoms with Gasteiger partial charge in [0.1, 0.15) is 22.8 Å². The summed E-state index contributed by atoms with van der Waals surface area (Å²) in [5, 5.41) is 0. The van der Waals surface area contributed by atoms with Gasteiger partial charge >= 0.3 is 0 Å². The first-order valence-electron chi connectivity index (χ1n) is 11.2. The zero-order chi connectivity index (χ0) is 24.0. The first kappa shape index (κ1) is 22.3. The minimum absolute atomic E-state index is 0.0334. The molecule has 34 heavy (non-hydrogen) atoms. The topological polar surface area (TPSA) is 69.9 Å². The van der Waals surface area contributed by atoms with E-state index in [0.29, 0.717) is 29.8 Å². The Morgan fingerprint density at radius 2 is 1.82 bits per heavy atom. The highest BCUT2D eigenvalue weighted by atomic mass is 19.1. The Bertz CT molecular complexity index is 1470. The predicted octanol–water partition coefficient (Wildman–Crippen LogP) is 4.92. The molecule has 8 heteroatoms. The minimum atomic E-state index is -0.693. The van der Waals surface area contributed by atoms with Gasteiger partial charge in [0.15, 0.2) is 0 Å². The number of pyridine rings is 2. The van der Waals surface area contributed by atoms with Gasteiger partial charge in [-0.2, -0.15) is 0 Å². The van der Waals surface area contributed by atoms with Crippen LogP contribution in [0.15, 0.2) is 47.4 Å². The number of halogens is 2. The molecule has 1 fully saturated rings. The van der Waals surface area contributed by atoms with E-state index < -0.39 is 11.6 Å². The second-order valence-corrected chi connectivity index (χ2v) is 8.77. The first-order chi connectivity index (χ1) is 16.3. The standard InChI is InChI=1S/C26H24F2N4O2/c1-14-15(2)30-26-22(29-14)12-21(31-25(26)19-6-5-18(27)11-20(19)28)16-8-9-34-23(10-16)17-4-7-24(33)32(3)13-17/h4-7,11-13,16,23H,8-10H2,1-3H3. The summed E-state index contributed by atoms with van der Waals surface area (Å²) in [7, 11) is 1.71. The van der Waals surface area contributed by atoms with Crippen molar-refractivity contribution in [2.45, 2.75) is 38.7 Å². The Hall–Kier alpha value is -3.52. The maximum absolute atomic E-state index is 14.8. The van der Waals surface area contributed by atoms with Crippen LogP contribution in [-0.2, 0) is 11.8 Å². The van der Waals surface area contributed by atoms with Crippen LogP contribution in [0.2, 0.25) is 0 Å². The summed E-state index contributed by atoms with van der Waals surface area (Å²) in [5.41, 5.74) is 4.76. The number of nitrogens with zero attached hydrogens (tertiary/aromatic N) is 4. The summed E-state index contributed by atoms with van der Waals surface area (Å²) in [4.78, 5) is 26.0. The van der Waals surface area contributed by atoms with E-state index in [0.717, 1.165) is 35.1 Å². The van der Waals surface area contributed by atoms with Crippen LogP contribution in [0.5, 0.6) is 0 Å². The van der Waals surface area contributed by atoms with E-state index in [2.05, 4.69) is 4.98 Å². The number of rotatable bonds is 3. The van der Waals surface area contributed by atoms with Crippen LogP contribution >= 0.6 is 0 Å². The van der Waals surface area contributed by atoms with Gasteiger partial charge < -0.3 is 9.30 Å². The molecule has 0 saturated carbocycles. The van der Waals surface area contributed by atoms with Crippen LogP contribution in [0.4, 0.5) is 8.78 Å². The van der Waals surface area contributed by atoms with E-state index in [4.69, 9.17) is 14.7 Å². The highest BCUT2D eigenvalue weighted by Crippen LogP contribution is 2.39. The molecule has 5 rings (SSSR count). The molecular formula is C26H24F2N4O2. The van der Waals surface area contributed by atoms with E-state index in [1.807, 2.05) is 19.9 Å². The molecule has 0 spiro atoms. The van der Waals surface area contributed by atoms with E-state index in [1.54, 1.807) is 19.3 Å². The van der Waals surface area contributed by atoms with Crippen LogP contribution in [0.1, 0.15) is 47.5 Å². The molecule has 4 aromatic rings. The smallest absolute Gasteiger partial charge is 0.250 e. The number of hydrogen-bond acceptors (Lipinski definition) is 5. The second kappa shape index (κ2) is 8.68. The fourth-order valence-electron chi connectivity index (χ4n) is 4.43. The van der Waals surface area contributed by atoms with Gasteiger partial charge in [0.05, 0.1) is 23.0 Å². The fraction of sp³-hybridized carbons (Fsp3) is 0.308. The van der Waals surface area contributed by atoms with Crippen molar-refractivity contribution in [2.75, 3.05) is 6.61 Å². The van der Waals surface area contributed by atoms with Gasteiger partial charge in [-0.3, -0.25) is 4.79 Å². The van der Waals surface area contributed by atoms with E-state index in [-0.39, 0.29) is 23.1 Å². The van der Waals surface area contributed by atoms with Crippen molar-refractivity contribution in [3.8, 4) is 11.3 Å². The third kappa shape index (κ3) is 4.09. The lowest BCUT2D eigenvalue weighted by atomic mass is 9.89. The summed E-state index contributed by atoms with van der Waals surface area (Å²) in [6.07, 6.45) is 2.99. The zero-order valence-electron chi connectivity index (χ0n) is 19.2. The van der Waals surface area contributed by atoms with Crippen molar-refractivity contribution >= 4 is 11.0 Å². The summed E-state index contributed by atoms with van der Waals surface area (Å²) in [5.74, 6) is -1.31. The summed E-state index contributed by atoms with van der Waals surface area (Å²) in [6, 6.07) is 8.70. The van der Waals surface area contributed by atoms with Crippen molar-refractivity contribution in [1.82, 2.24) is 19.5 Å². The van der Waals surface area contributed by atoms with Gasteiger partial charge in [0, 0.05) is 49.2 Å². The van der Waals surface area contributed by atoms with Crippen LogP contribution in [0.25, 0.3) is 22.3 Å². The summed E-state index contributed by atoms with van der Waals surface area (Å²) >= 11 is 0.